The molecule has 0 radical (unpaired) electrons. The van der Waals surface area contributed by atoms with Gasteiger partial charge < -0.3 is 10.1 Å². The summed E-state index contributed by atoms with van der Waals surface area (Å²) in [5.41, 5.74) is 13.6. The molecular formula is C12H17N3. The topological polar surface area (TPSA) is 43.3 Å². The molecule has 0 atom stereocenters. The van der Waals surface area contributed by atoms with Crippen molar-refractivity contribution >= 4 is 11.3 Å². The van der Waals surface area contributed by atoms with Gasteiger partial charge in [-0.05, 0) is 45.7 Å². The van der Waals surface area contributed by atoms with Crippen LogP contribution < -0.4 is 5.73 Å². The highest BCUT2D eigenvalue weighted by molar-refractivity contribution is 5.73. The van der Waals surface area contributed by atoms with E-state index in [1.165, 1.54) is 17.0 Å². The lowest BCUT2D eigenvalue weighted by Gasteiger charge is -2.09. The van der Waals surface area contributed by atoms with Crippen molar-refractivity contribution < 1.29 is 0 Å². The van der Waals surface area contributed by atoms with Crippen LogP contribution in [0, 0.1) is 34.6 Å². The first-order chi connectivity index (χ1) is 6.95. The number of rotatable bonds is 0. The molecule has 0 amide bonds. The third kappa shape index (κ3) is 1.16. The van der Waals surface area contributed by atoms with E-state index in [1.54, 1.807) is 0 Å². The van der Waals surface area contributed by atoms with Gasteiger partial charge in [-0.3, -0.25) is 0 Å². The lowest BCUT2D eigenvalue weighted by molar-refractivity contribution is 0.957. The van der Waals surface area contributed by atoms with Gasteiger partial charge in [-0.25, -0.2) is 4.98 Å². The van der Waals surface area contributed by atoms with Crippen molar-refractivity contribution in [3.63, 3.8) is 0 Å². The SMILES string of the molecule is Cc1nc2c(N)c(C)c(C)n2c(C)c1C. The van der Waals surface area contributed by atoms with E-state index in [1.807, 2.05) is 13.8 Å². The predicted molar refractivity (Wildman–Crippen MR) is 63.3 cm³/mol. The van der Waals surface area contributed by atoms with Gasteiger partial charge in [0.1, 0.15) is 0 Å². The Balaban J connectivity index is 3.06. The molecule has 3 heteroatoms. The highest BCUT2D eigenvalue weighted by Gasteiger charge is 2.14. The maximum absolute atomic E-state index is 6.04. The molecule has 0 aliphatic carbocycles. The summed E-state index contributed by atoms with van der Waals surface area (Å²) in [5, 5.41) is 0. The molecule has 0 bridgehead atoms. The van der Waals surface area contributed by atoms with E-state index in [4.69, 9.17) is 5.73 Å². The van der Waals surface area contributed by atoms with Crippen LogP contribution in [0.25, 0.3) is 5.65 Å². The molecule has 15 heavy (non-hydrogen) atoms. The Morgan fingerprint density at radius 2 is 1.47 bits per heavy atom. The molecule has 0 unspecified atom stereocenters. The van der Waals surface area contributed by atoms with Crippen LogP contribution in [0.1, 0.15) is 28.2 Å². The smallest absolute Gasteiger partial charge is 0.160 e. The standard InChI is InChI=1S/C12H17N3/c1-6-8(3)14-12-11(13)7(2)10(5)15(12)9(6)4/h13H2,1-5H3. The lowest BCUT2D eigenvalue weighted by Crippen LogP contribution is -2.02. The normalized spacial score (nSPS) is 11.3. The van der Waals surface area contributed by atoms with Crippen molar-refractivity contribution in [3.05, 3.63) is 28.2 Å². The van der Waals surface area contributed by atoms with E-state index in [2.05, 4.69) is 30.2 Å². The lowest BCUT2D eigenvalue weighted by atomic mass is 10.2. The quantitative estimate of drug-likeness (QED) is 0.714. The summed E-state index contributed by atoms with van der Waals surface area (Å²) < 4.78 is 2.15. The Bertz CT molecular complexity index is 550. The van der Waals surface area contributed by atoms with E-state index in [-0.39, 0.29) is 0 Å². The van der Waals surface area contributed by atoms with E-state index in [0.717, 1.165) is 22.6 Å². The van der Waals surface area contributed by atoms with Gasteiger partial charge in [0.25, 0.3) is 0 Å². The van der Waals surface area contributed by atoms with Crippen LogP contribution in [0.15, 0.2) is 0 Å². The molecule has 0 saturated heterocycles. The van der Waals surface area contributed by atoms with Crippen molar-refractivity contribution in [1.29, 1.82) is 0 Å². The highest BCUT2D eigenvalue weighted by atomic mass is 15.0. The summed E-state index contributed by atoms with van der Waals surface area (Å²) in [6.45, 7) is 10.4. The summed E-state index contributed by atoms with van der Waals surface area (Å²) in [5.74, 6) is 0. The first-order valence-electron chi connectivity index (χ1n) is 5.16. The second-order valence-corrected chi connectivity index (χ2v) is 4.19. The van der Waals surface area contributed by atoms with Crippen molar-refractivity contribution in [2.45, 2.75) is 34.6 Å². The molecule has 2 N–H and O–H groups in total. The first kappa shape index (κ1) is 10.0. The molecular weight excluding hydrogens is 186 g/mol. The van der Waals surface area contributed by atoms with E-state index < -0.39 is 0 Å². The number of anilines is 1. The zero-order valence-electron chi connectivity index (χ0n) is 9.97. The fourth-order valence-electron chi connectivity index (χ4n) is 2.00. The maximum atomic E-state index is 6.04. The van der Waals surface area contributed by atoms with Gasteiger partial charge in [0.05, 0.1) is 5.69 Å². The Hall–Kier alpha value is -1.51. The van der Waals surface area contributed by atoms with E-state index >= 15 is 0 Å². The van der Waals surface area contributed by atoms with Gasteiger partial charge in [-0.1, -0.05) is 0 Å². The minimum atomic E-state index is 0.804. The molecule has 2 rings (SSSR count). The molecule has 3 nitrogen and oxygen atoms in total. The summed E-state index contributed by atoms with van der Waals surface area (Å²) in [4.78, 5) is 4.56. The first-order valence-corrected chi connectivity index (χ1v) is 5.16. The summed E-state index contributed by atoms with van der Waals surface area (Å²) in [6, 6.07) is 0. The zero-order valence-corrected chi connectivity index (χ0v) is 9.97. The number of nitrogens with zero attached hydrogens (tertiary/aromatic N) is 2. The van der Waals surface area contributed by atoms with Crippen LogP contribution in [0.2, 0.25) is 0 Å². The zero-order chi connectivity index (χ0) is 11.3. The van der Waals surface area contributed by atoms with Crippen molar-refractivity contribution in [2.24, 2.45) is 0 Å². The number of nitrogens with two attached hydrogens (primary N) is 1. The monoisotopic (exact) mass is 203 g/mol. The molecule has 0 aliphatic rings. The number of hydrogen-bond donors (Lipinski definition) is 1. The number of hydrogen-bond acceptors (Lipinski definition) is 2. The van der Waals surface area contributed by atoms with Crippen LogP contribution >= 0.6 is 0 Å². The molecule has 80 valence electrons. The summed E-state index contributed by atoms with van der Waals surface area (Å²) >= 11 is 0. The molecule has 0 aliphatic heterocycles. The van der Waals surface area contributed by atoms with E-state index in [0.29, 0.717) is 0 Å². The van der Waals surface area contributed by atoms with Gasteiger partial charge in [0.2, 0.25) is 0 Å². The summed E-state index contributed by atoms with van der Waals surface area (Å²) in [6.07, 6.45) is 0. The van der Waals surface area contributed by atoms with Gasteiger partial charge >= 0.3 is 0 Å². The van der Waals surface area contributed by atoms with Crippen LogP contribution in [-0.4, -0.2) is 9.38 Å². The summed E-state index contributed by atoms with van der Waals surface area (Å²) in [7, 11) is 0. The second-order valence-electron chi connectivity index (χ2n) is 4.19. The Morgan fingerprint density at radius 1 is 0.933 bits per heavy atom. The van der Waals surface area contributed by atoms with Crippen molar-refractivity contribution in [2.75, 3.05) is 5.73 Å². The molecule has 2 aromatic heterocycles. The second kappa shape index (κ2) is 2.99. The van der Waals surface area contributed by atoms with Crippen LogP contribution in [0.4, 0.5) is 5.69 Å². The molecule has 2 aromatic rings. The largest absolute Gasteiger partial charge is 0.395 e. The van der Waals surface area contributed by atoms with Crippen LogP contribution in [-0.2, 0) is 0 Å². The Kier molecular flexibility index (Phi) is 2.00. The maximum Gasteiger partial charge on any atom is 0.160 e. The van der Waals surface area contributed by atoms with Crippen LogP contribution in [0.5, 0.6) is 0 Å². The highest BCUT2D eigenvalue weighted by Crippen LogP contribution is 2.26. The number of fused-ring (bicyclic) bond motifs is 1. The average molecular weight is 203 g/mol. The molecule has 0 aromatic carbocycles. The van der Waals surface area contributed by atoms with Crippen molar-refractivity contribution in [1.82, 2.24) is 9.38 Å². The molecule has 0 spiro atoms. The number of nitrogen functional groups attached to an aromatic ring is 1. The Morgan fingerprint density at radius 3 is 2.07 bits per heavy atom. The molecule has 2 heterocycles. The fourth-order valence-corrected chi connectivity index (χ4v) is 2.00. The molecule has 0 saturated carbocycles. The third-order valence-electron chi connectivity index (χ3n) is 3.43. The van der Waals surface area contributed by atoms with Gasteiger partial charge in [-0.15, -0.1) is 0 Å². The van der Waals surface area contributed by atoms with Crippen molar-refractivity contribution in [3.8, 4) is 0 Å². The van der Waals surface area contributed by atoms with E-state index in [9.17, 15) is 0 Å². The minimum Gasteiger partial charge on any atom is -0.395 e. The predicted octanol–water partition coefficient (Wildman–Crippen LogP) is 2.46. The van der Waals surface area contributed by atoms with Gasteiger partial charge in [-0.2, -0.15) is 0 Å². The van der Waals surface area contributed by atoms with Gasteiger partial charge in [0, 0.05) is 17.1 Å². The average Bonchev–Trinajstić information content (AvgIpc) is 2.40. The molecule has 0 fully saturated rings. The Labute approximate surface area is 89.9 Å². The van der Waals surface area contributed by atoms with Gasteiger partial charge in [0.15, 0.2) is 5.65 Å². The number of aryl methyl sites for hydroxylation is 3. The van der Waals surface area contributed by atoms with Crippen LogP contribution in [0.3, 0.4) is 0 Å². The number of aromatic nitrogens is 2. The third-order valence-corrected chi connectivity index (χ3v) is 3.43. The minimum absolute atomic E-state index is 0.804. The fraction of sp³-hybridized carbons (Fsp3) is 0.417.